The van der Waals surface area contributed by atoms with E-state index in [1.165, 1.54) is 29.5 Å². The van der Waals surface area contributed by atoms with Gasteiger partial charge in [0.2, 0.25) is 5.91 Å². The number of alkyl halides is 5. The number of nitrogens with one attached hydrogen (secondary N) is 2. The summed E-state index contributed by atoms with van der Waals surface area (Å²) in [6.45, 7) is 1.61. The maximum Gasteiger partial charge on any atom is 0.453 e. The zero-order valence-electron chi connectivity index (χ0n) is 18.9. The lowest BCUT2D eigenvalue weighted by Gasteiger charge is -2.25. The lowest BCUT2D eigenvalue weighted by atomic mass is 9.81. The van der Waals surface area contributed by atoms with Crippen molar-refractivity contribution >= 4 is 34.8 Å². The second-order valence-electron chi connectivity index (χ2n) is 8.58. The number of hydrazine groups is 1. The van der Waals surface area contributed by atoms with Crippen molar-refractivity contribution < 1.29 is 31.9 Å². The van der Waals surface area contributed by atoms with Gasteiger partial charge in [-0.05, 0) is 25.5 Å². The summed E-state index contributed by atoms with van der Waals surface area (Å²) in [5.41, 5.74) is 8.01. The molecule has 2 aromatic heterocycles. The second kappa shape index (κ2) is 8.16. The number of nitrogens with zero attached hydrogens (tertiary/aromatic N) is 6. The van der Waals surface area contributed by atoms with Crippen LogP contribution in [-0.4, -0.2) is 61.3 Å². The van der Waals surface area contributed by atoms with Crippen LogP contribution in [-0.2, 0) is 10.2 Å². The molecule has 0 saturated carbocycles. The quantitative estimate of drug-likeness (QED) is 0.436. The van der Waals surface area contributed by atoms with Crippen LogP contribution >= 0.6 is 0 Å². The molecule has 3 aliphatic rings. The minimum Gasteiger partial charge on any atom is -0.506 e. The summed E-state index contributed by atoms with van der Waals surface area (Å²) in [7, 11) is 0. The molecule has 0 radical (unpaired) electrons. The molecule has 0 bridgehead atoms. The maximum absolute atomic E-state index is 13.6. The molecule has 0 fully saturated rings. The van der Waals surface area contributed by atoms with E-state index in [4.69, 9.17) is 5.73 Å². The Morgan fingerprint density at radius 3 is 2.65 bits per heavy atom. The van der Waals surface area contributed by atoms with Crippen LogP contribution in [0.3, 0.4) is 0 Å². The SMILES string of the molecule is CC1(c2ccc(O)cn2)C(=O)Nc2nc(C3=CN4NCN=C4C(CCC(F)(F)C(F)(F)F)=N3)nc(N)c21. The lowest BCUT2D eigenvalue weighted by Crippen LogP contribution is -2.41. The van der Waals surface area contributed by atoms with Crippen LogP contribution in [0.2, 0.25) is 0 Å². The molecule has 5 heterocycles. The van der Waals surface area contributed by atoms with Crippen molar-refractivity contribution in [2.24, 2.45) is 9.98 Å². The molecular formula is C21H18F5N9O2. The molecule has 0 aromatic carbocycles. The van der Waals surface area contributed by atoms with Crippen molar-refractivity contribution in [1.29, 1.82) is 0 Å². The van der Waals surface area contributed by atoms with Gasteiger partial charge in [-0.3, -0.25) is 14.8 Å². The number of aliphatic imine (C=N–C) groups is 2. The Labute approximate surface area is 205 Å². The molecule has 11 nitrogen and oxygen atoms in total. The third kappa shape index (κ3) is 3.92. The van der Waals surface area contributed by atoms with Gasteiger partial charge in [0, 0.05) is 6.42 Å². The summed E-state index contributed by atoms with van der Waals surface area (Å²) in [5, 5.41) is 13.5. The predicted molar refractivity (Wildman–Crippen MR) is 120 cm³/mol. The molecule has 16 heteroatoms. The van der Waals surface area contributed by atoms with Gasteiger partial charge in [-0.15, -0.1) is 0 Å². The number of carbonyl (C=O) groups excluding carboxylic acids is 1. The van der Waals surface area contributed by atoms with Crippen molar-refractivity contribution in [3.63, 3.8) is 0 Å². The average Bonchev–Trinajstić information content (AvgIpc) is 3.40. The maximum atomic E-state index is 13.6. The molecule has 3 aliphatic heterocycles. The Bertz CT molecular complexity index is 1390. The second-order valence-corrected chi connectivity index (χ2v) is 8.58. The third-order valence-corrected chi connectivity index (χ3v) is 6.17. The van der Waals surface area contributed by atoms with E-state index in [9.17, 15) is 31.9 Å². The first-order valence-electron chi connectivity index (χ1n) is 10.8. The summed E-state index contributed by atoms with van der Waals surface area (Å²) in [6.07, 6.45) is -5.41. The summed E-state index contributed by atoms with van der Waals surface area (Å²) < 4.78 is 65.1. The molecule has 1 atom stereocenters. The standard InChI is InChI=1S/C21H18F5N9O2/c1-19(12-3-2-9(36)6-28-12)13-14(27)32-15(33-16(13)34-18(19)37)11-7-35-17(29-8-30-35)10(31-11)4-5-20(22,23)21(24,25)26/h2-3,6-7,30,36H,4-5,8H2,1H3,(H3,27,32,33,34,37). The number of aromatic hydroxyl groups is 1. The Morgan fingerprint density at radius 2 is 1.97 bits per heavy atom. The first-order valence-corrected chi connectivity index (χ1v) is 10.8. The van der Waals surface area contributed by atoms with Gasteiger partial charge < -0.3 is 16.2 Å². The highest BCUT2D eigenvalue weighted by molar-refractivity contribution is 6.43. The van der Waals surface area contributed by atoms with Gasteiger partial charge in [0.05, 0.1) is 29.4 Å². The summed E-state index contributed by atoms with van der Waals surface area (Å²) in [6, 6.07) is 2.81. The Morgan fingerprint density at radius 1 is 1.22 bits per heavy atom. The number of nitrogens with two attached hydrogens (primary N) is 1. The number of fused-ring (bicyclic) bond motifs is 2. The third-order valence-electron chi connectivity index (χ3n) is 6.17. The van der Waals surface area contributed by atoms with E-state index >= 15 is 0 Å². The topological polar surface area (TPSA) is 154 Å². The summed E-state index contributed by atoms with van der Waals surface area (Å²) in [5.74, 6) is -5.59. The zero-order chi connectivity index (χ0) is 26.8. The molecule has 1 amide bonds. The number of amidine groups is 1. The molecule has 37 heavy (non-hydrogen) atoms. The van der Waals surface area contributed by atoms with E-state index in [2.05, 4.69) is 35.7 Å². The van der Waals surface area contributed by atoms with Gasteiger partial charge in [-0.25, -0.2) is 25.4 Å². The van der Waals surface area contributed by atoms with E-state index in [0.29, 0.717) is 0 Å². The number of hydrogen-bond donors (Lipinski definition) is 4. The van der Waals surface area contributed by atoms with Gasteiger partial charge in [-0.1, -0.05) is 0 Å². The number of amides is 1. The van der Waals surface area contributed by atoms with Gasteiger partial charge in [0.25, 0.3) is 0 Å². The molecule has 194 valence electrons. The van der Waals surface area contributed by atoms with Gasteiger partial charge in [0.15, 0.2) is 11.7 Å². The average molecular weight is 523 g/mol. The van der Waals surface area contributed by atoms with E-state index in [-0.39, 0.29) is 58.4 Å². The Hall–Kier alpha value is -4.21. The Balaban J connectivity index is 1.51. The Kier molecular flexibility index (Phi) is 5.40. The number of hydrogen-bond acceptors (Lipinski definition) is 10. The first kappa shape index (κ1) is 24.5. The highest BCUT2D eigenvalue weighted by Gasteiger charge is 2.57. The fourth-order valence-electron chi connectivity index (χ4n) is 4.16. The van der Waals surface area contributed by atoms with Crippen molar-refractivity contribution in [2.75, 3.05) is 17.7 Å². The van der Waals surface area contributed by atoms with E-state index < -0.39 is 36.3 Å². The number of aromatic nitrogens is 3. The summed E-state index contributed by atoms with van der Waals surface area (Å²) in [4.78, 5) is 33.9. The zero-order valence-corrected chi connectivity index (χ0v) is 18.9. The van der Waals surface area contributed by atoms with Gasteiger partial charge in [0.1, 0.15) is 35.2 Å². The van der Waals surface area contributed by atoms with Crippen molar-refractivity contribution in [1.82, 2.24) is 25.4 Å². The van der Waals surface area contributed by atoms with Crippen LogP contribution in [0, 0.1) is 0 Å². The van der Waals surface area contributed by atoms with Gasteiger partial charge in [-0.2, -0.15) is 22.0 Å². The molecule has 5 rings (SSSR count). The number of nitrogen functional groups attached to an aromatic ring is 1. The molecule has 1 unspecified atom stereocenters. The molecule has 5 N–H and O–H groups in total. The van der Waals surface area contributed by atoms with Crippen molar-refractivity contribution in [2.45, 2.75) is 37.3 Å². The molecule has 2 aromatic rings. The number of halogens is 5. The van der Waals surface area contributed by atoms with Crippen LogP contribution in [0.5, 0.6) is 5.75 Å². The number of rotatable bonds is 5. The first-order chi connectivity index (χ1) is 17.3. The smallest absolute Gasteiger partial charge is 0.453 e. The summed E-state index contributed by atoms with van der Waals surface area (Å²) >= 11 is 0. The van der Waals surface area contributed by atoms with Crippen LogP contribution in [0.15, 0.2) is 34.5 Å². The number of anilines is 2. The monoisotopic (exact) mass is 523 g/mol. The van der Waals surface area contributed by atoms with E-state index in [1.807, 2.05) is 0 Å². The highest BCUT2D eigenvalue weighted by atomic mass is 19.4. The minimum absolute atomic E-state index is 0.00112. The molecule has 0 saturated heterocycles. The fourth-order valence-corrected chi connectivity index (χ4v) is 4.16. The van der Waals surface area contributed by atoms with Crippen LogP contribution in [0.1, 0.15) is 36.8 Å². The van der Waals surface area contributed by atoms with E-state index in [1.54, 1.807) is 6.92 Å². The van der Waals surface area contributed by atoms with Gasteiger partial charge >= 0.3 is 12.1 Å². The van der Waals surface area contributed by atoms with Crippen LogP contribution in [0.4, 0.5) is 33.6 Å². The molecule has 0 spiro atoms. The van der Waals surface area contributed by atoms with Crippen molar-refractivity contribution in [3.8, 4) is 5.75 Å². The number of pyridine rings is 1. The molecule has 0 aliphatic carbocycles. The van der Waals surface area contributed by atoms with E-state index in [0.717, 1.165) is 0 Å². The fraction of sp³-hybridized carbons (Fsp3) is 0.333. The molecular weight excluding hydrogens is 505 g/mol. The van der Waals surface area contributed by atoms with Crippen molar-refractivity contribution in [3.05, 3.63) is 41.6 Å². The largest absolute Gasteiger partial charge is 0.506 e. The minimum atomic E-state index is -5.70. The predicted octanol–water partition coefficient (Wildman–Crippen LogP) is 2.32. The normalized spacial score (nSPS) is 21.2. The van der Waals surface area contributed by atoms with Crippen LogP contribution in [0.25, 0.3) is 5.70 Å². The number of carbonyl (C=O) groups is 1. The lowest BCUT2D eigenvalue weighted by molar-refractivity contribution is -0.283. The highest BCUT2D eigenvalue weighted by Crippen LogP contribution is 2.44. The van der Waals surface area contributed by atoms with Crippen LogP contribution < -0.4 is 16.5 Å².